The lowest BCUT2D eigenvalue weighted by molar-refractivity contribution is -0.110. The molecule has 4 nitrogen and oxygen atoms in total. The predicted molar refractivity (Wildman–Crippen MR) is 88.4 cm³/mol. The molecule has 0 unspecified atom stereocenters. The van der Waals surface area contributed by atoms with Crippen molar-refractivity contribution in [2.75, 3.05) is 5.32 Å². The first-order valence-electron chi connectivity index (χ1n) is 7.35. The number of aromatic amines is 1. The minimum Gasteiger partial charge on any atom is -0.360 e. The summed E-state index contributed by atoms with van der Waals surface area (Å²) in [5, 5.41) is 3.98. The molecule has 0 saturated carbocycles. The number of nitrogens with zero attached hydrogens (tertiary/aromatic N) is 1. The lowest BCUT2D eigenvalue weighted by atomic mass is 10.0. The van der Waals surface area contributed by atoms with Crippen molar-refractivity contribution in [2.45, 2.75) is 13.3 Å². The van der Waals surface area contributed by atoms with Crippen LogP contribution in [0.1, 0.15) is 23.7 Å². The molecule has 0 fully saturated rings. The van der Waals surface area contributed by atoms with Crippen LogP contribution in [-0.4, -0.2) is 15.9 Å². The summed E-state index contributed by atoms with van der Waals surface area (Å²) in [5.74, 6) is -0.102. The van der Waals surface area contributed by atoms with E-state index < -0.39 is 0 Å². The van der Waals surface area contributed by atoms with Crippen molar-refractivity contribution < 1.29 is 4.79 Å². The molecule has 0 aliphatic carbocycles. The summed E-state index contributed by atoms with van der Waals surface area (Å²) in [6.07, 6.45) is 6.54. The van der Waals surface area contributed by atoms with Gasteiger partial charge in [-0.2, -0.15) is 0 Å². The number of aryl methyl sites for hydroxylation is 1. The van der Waals surface area contributed by atoms with E-state index in [0.717, 1.165) is 28.6 Å². The Bertz CT molecular complexity index is 921. The minimum atomic E-state index is -0.102. The Labute approximate surface area is 127 Å². The molecule has 3 aromatic rings. The summed E-state index contributed by atoms with van der Waals surface area (Å²) < 4.78 is 0. The van der Waals surface area contributed by atoms with E-state index in [0.29, 0.717) is 11.3 Å². The Balaban J connectivity index is 1.89. The number of hydrogen-bond donors (Lipinski definition) is 2. The summed E-state index contributed by atoms with van der Waals surface area (Å²) in [6, 6.07) is 9.93. The average molecular weight is 289 g/mol. The van der Waals surface area contributed by atoms with Gasteiger partial charge in [0.05, 0.1) is 17.0 Å². The van der Waals surface area contributed by atoms with Gasteiger partial charge >= 0.3 is 0 Å². The number of nitrogens with one attached hydrogen (secondary N) is 2. The molecule has 1 aromatic carbocycles. The highest BCUT2D eigenvalue weighted by atomic mass is 16.2. The molecule has 108 valence electrons. The van der Waals surface area contributed by atoms with Crippen LogP contribution in [-0.2, 0) is 11.2 Å². The van der Waals surface area contributed by atoms with Gasteiger partial charge in [-0.05, 0) is 30.2 Å². The topological polar surface area (TPSA) is 57.8 Å². The van der Waals surface area contributed by atoms with Crippen LogP contribution in [0.2, 0.25) is 0 Å². The van der Waals surface area contributed by atoms with Crippen LogP contribution < -0.4 is 5.32 Å². The fraction of sp³-hybridized carbons (Fsp3) is 0.111. The van der Waals surface area contributed by atoms with E-state index >= 15 is 0 Å². The van der Waals surface area contributed by atoms with E-state index in [4.69, 9.17) is 0 Å². The molecule has 0 spiro atoms. The first kappa shape index (κ1) is 12.8. The summed E-state index contributed by atoms with van der Waals surface area (Å²) in [6.45, 7) is 2.14. The Morgan fingerprint density at radius 1 is 1.23 bits per heavy atom. The summed E-state index contributed by atoms with van der Waals surface area (Å²) in [4.78, 5) is 19.8. The molecular formula is C18H15N3O. The van der Waals surface area contributed by atoms with E-state index in [-0.39, 0.29) is 5.91 Å². The Kier molecular flexibility index (Phi) is 2.82. The molecule has 2 N–H and O–H groups in total. The van der Waals surface area contributed by atoms with Crippen LogP contribution in [0.3, 0.4) is 0 Å². The number of para-hydroxylation sites is 1. The average Bonchev–Trinajstić information content (AvgIpc) is 3.09. The molecule has 0 bridgehead atoms. The van der Waals surface area contributed by atoms with Gasteiger partial charge in [0.2, 0.25) is 0 Å². The van der Waals surface area contributed by atoms with E-state index in [1.54, 1.807) is 6.20 Å². The Hall–Kier alpha value is -2.88. The molecule has 0 saturated heterocycles. The first-order valence-corrected chi connectivity index (χ1v) is 7.35. The zero-order valence-corrected chi connectivity index (χ0v) is 12.2. The third kappa shape index (κ3) is 1.84. The van der Waals surface area contributed by atoms with E-state index in [2.05, 4.69) is 40.4 Å². The molecule has 4 rings (SSSR count). The van der Waals surface area contributed by atoms with Crippen LogP contribution in [0, 0.1) is 0 Å². The Morgan fingerprint density at radius 3 is 3.00 bits per heavy atom. The molecule has 1 aliphatic rings. The van der Waals surface area contributed by atoms with Gasteiger partial charge in [0, 0.05) is 28.9 Å². The number of carbonyl (C=O) groups is 1. The minimum absolute atomic E-state index is 0.102. The van der Waals surface area contributed by atoms with Gasteiger partial charge in [-0.15, -0.1) is 0 Å². The normalized spacial score (nSPS) is 15.3. The van der Waals surface area contributed by atoms with E-state index in [1.807, 2.05) is 24.4 Å². The molecule has 1 amide bonds. The largest absolute Gasteiger partial charge is 0.360 e. The molecule has 2 aromatic heterocycles. The number of aromatic nitrogens is 2. The molecule has 1 aliphatic heterocycles. The fourth-order valence-corrected chi connectivity index (χ4v) is 2.96. The zero-order chi connectivity index (χ0) is 15.1. The number of hydrogen-bond acceptors (Lipinski definition) is 2. The number of fused-ring (bicyclic) bond motifs is 2. The van der Waals surface area contributed by atoms with Gasteiger partial charge in [-0.3, -0.25) is 9.78 Å². The van der Waals surface area contributed by atoms with Crippen LogP contribution in [0.5, 0.6) is 0 Å². The molecule has 3 heterocycles. The van der Waals surface area contributed by atoms with Crippen molar-refractivity contribution in [3.05, 3.63) is 59.5 Å². The fourth-order valence-electron chi connectivity index (χ4n) is 2.96. The number of pyridine rings is 1. The van der Waals surface area contributed by atoms with Gasteiger partial charge < -0.3 is 10.3 Å². The number of H-pyrrole nitrogens is 1. The standard InChI is InChI=1S/C18H15N3O/c1-2-11-5-3-6-13-12(10-20-16(11)13)9-14-17-15(21-18(14)22)7-4-8-19-17/h3-10,20H,2H2,1H3,(H,21,22)/b14-9+. The van der Waals surface area contributed by atoms with Gasteiger partial charge in [0.1, 0.15) is 0 Å². The molecule has 0 atom stereocenters. The van der Waals surface area contributed by atoms with Crippen molar-refractivity contribution in [2.24, 2.45) is 0 Å². The second kappa shape index (κ2) is 4.84. The third-order valence-corrected chi connectivity index (χ3v) is 4.07. The zero-order valence-electron chi connectivity index (χ0n) is 12.2. The van der Waals surface area contributed by atoms with Gasteiger partial charge in [-0.1, -0.05) is 25.1 Å². The summed E-state index contributed by atoms with van der Waals surface area (Å²) in [7, 11) is 0. The van der Waals surface area contributed by atoms with E-state index in [9.17, 15) is 4.79 Å². The highest BCUT2D eigenvalue weighted by Gasteiger charge is 2.25. The lowest BCUT2D eigenvalue weighted by Crippen LogP contribution is -2.03. The number of amides is 1. The molecule has 4 heteroatoms. The van der Waals surface area contributed by atoms with Gasteiger partial charge in [-0.25, -0.2) is 0 Å². The van der Waals surface area contributed by atoms with E-state index in [1.165, 1.54) is 5.56 Å². The highest BCUT2D eigenvalue weighted by molar-refractivity contribution is 6.34. The number of rotatable bonds is 2. The van der Waals surface area contributed by atoms with Crippen molar-refractivity contribution in [3.63, 3.8) is 0 Å². The summed E-state index contributed by atoms with van der Waals surface area (Å²) >= 11 is 0. The lowest BCUT2D eigenvalue weighted by Gasteiger charge is -2.00. The molecule has 22 heavy (non-hydrogen) atoms. The number of benzene rings is 1. The van der Waals surface area contributed by atoms with Crippen LogP contribution in [0.4, 0.5) is 5.69 Å². The van der Waals surface area contributed by atoms with Crippen molar-refractivity contribution in [1.29, 1.82) is 0 Å². The van der Waals surface area contributed by atoms with Crippen molar-refractivity contribution in [1.82, 2.24) is 9.97 Å². The predicted octanol–water partition coefficient (Wildman–Crippen LogP) is 3.62. The SMILES string of the molecule is CCc1cccc2c(/C=C3/C(=O)Nc4cccnc43)c[nH]c12. The maximum atomic E-state index is 12.2. The van der Waals surface area contributed by atoms with Crippen molar-refractivity contribution in [3.8, 4) is 0 Å². The third-order valence-electron chi connectivity index (χ3n) is 4.07. The first-order chi connectivity index (χ1) is 10.8. The molecular weight excluding hydrogens is 274 g/mol. The summed E-state index contributed by atoms with van der Waals surface area (Å²) in [5.41, 5.74) is 5.52. The second-order valence-corrected chi connectivity index (χ2v) is 5.35. The highest BCUT2D eigenvalue weighted by Crippen LogP contribution is 2.32. The maximum absolute atomic E-state index is 12.2. The number of anilines is 1. The maximum Gasteiger partial charge on any atom is 0.258 e. The number of carbonyl (C=O) groups excluding carboxylic acids is 1. The quantitative estimate of drug-likeness (QED) is 0.708. The Morgan fingerprint density at radius 2 is 2.14 bits per heavy atom. The van der Waals surface area contributed by atoms with Crippen LogP contribution >= 0.6 is 0 Å². The van der Waals surface area contributed by atoms with Crippen LogP contribution in [0.15, 0.2) is 42.7 Å². The molecule has 0 radical (unpaired) electrons. The monoisotopic (exact) mass is 289 g/mol. The van der Waals surface area contributed by atoms with Gasteiger partial charge in [0.25, 0.3) is 5.91 Å². The van der Waals surface area contributed by atoms with Crippen molar-refractivity contribution >= 4 is 34.1 Å². The smallest absolute Gasteiger partial charge is 0.258 e. The van der Waals surface area contributed by atoms with Crippen LogP contribution in [0.25, 0.3) is 22.6 Å². The second-order valence-electron chi connectivity index (χ2n) is 5.35. The van der Waals surface area contributed by atoms with Gasteiger partial charge in [0.15, 0.2) is 0 Å².